The van der Waals surface area contributed by atoms with Gasteiger partial charge in [0.2, 0.25) is 0 Å². The second-order valence-electron chi connectivity index (χ2n) is 5.26. The maximum absolute atomic E-state index is 10.7. The number of hydrogen-bond donors (Lipinski definition) is 2. The molecule has 7 nitrogen and oxygen atoms in total. The van der Waals surface area contributed by atoms with Crippen LogP contribution >= 0.6 is 11.6 Å². The predicted molar refractivity (Wildman–Crippen MR) is 73.0 cm³/mol. The van der Waals surface area contributed by atoms with E-state index in [1.807, 2.05) is 11.6 Å². The summed E-state index contributed by atoms with van der Waals surface area (Å²) in [6, 6.07) is 0. The van der Waals surface area contributed by atoms with E-state index < -0.39 is 5.60 Å². The monoisotopic (exact) mass is 296 g/mol. The van der Waals surface area contributed by atoms with Crippen molar-refractivity contribution in [2.24, 2.45) is 7.05 Å². The van der Waals surface area contributed by atoms with E-state index in [-0.39, 0.29) is 0 Å². The molecule has 0 radical (unpaired) electrons. The van der Waals surface area contributed by atoms with Crippen molar-refractivity contribution >= 4 is 11.6 Å². The van der Waals surface area contributed by atoms with Crippen LogP contribution in [0.25, 0.3) is 0 Å². The number of piperidine rings is 1. The molecular weight excluding hydrogens is 280 g/mol. The van der Waals surface area contributed by atoms with E-state index in [0.717, 1.165) is 18.8 Å². The van der Waals surface area contributed by atoms with Gasteiger partial charge in [0.1, 0.15) is 22.3 Å². The van der Waals surface area contributed by atoms with Crippen LogP contribution in [0.1, 0.15) is 24.4 Å². The summed E-state index contributed by atoms with van der Waals surface area (Å²) in [5.74, 6) is 0.888. The quantitative estimate of drug-likeness (QED) is 0.870. The number of hydrogen-bond acceptors (Lipinski definition) is 5. The van der Waals surface area contributed by atoms with Gasteiger partial charge >= 0.3 is 0 Å². The molecule has 0 aliphatic carbocycles. The Morgan fingerprint density at radius 2 is 2.35 bits per heavy atom. The van der Waals surface area contributed by atoms with Gasteiger partial charge in [-0.3, -0.25) is 4.90 Å². The number of rotatable bonds is 3. The fourth-order valence-corrected chi connectivity index (χ4v) is 2.81. The standard InChI is InChI=1S/C12H17ClN6O/c1-18-10(13)6-14-11(18)7-19-4-2-3-12(20,8-19)9-5-15-17-16-9/h5-6,20H,2-4,7-8H2,1H3,(H,15,16,17)/t12-/m0/s1. The highest BCUT2D eigenvalue weighted by Crippen LogP contribution is 2.30. The lowest BCUT2D eigenvalue weighted by Crippen LogP contribution is -2.46. The molecule has 0 aromatic carbocycles. The molecule has 108 valence electrons. The zero-order chi connectivity index (χ0) is 14.2. The van der Waals surface area contributed by atoms with Gasteiger partial charge in [0.05, 0.1) is 18.9 Å². The molecule has 1 atom stereocenters. The summed E-state index contributed by atoms with van der Waals surface area (Å²) in [6.45, 7) is 2.10. The maximum Gasteiger partial charge on any atom is 0.128 e. The molecule has 0 amide bonds. The van der Waals surface area contributed by atoms with Gasteiger partial charge in [-0.2, -0.15) is 15.4 Å². The largest absolute Gasteiger partial charge is 0.382 e. The Bertz CT molecular complexity index is 583. The fraction of sp³-hybridized carbons (Fsp3) is 0.583. The van der Waals surface area contributed by atoms with Crippen LogP contribution in [-0.4, -0.2) is 48.1 Å². The lowest BCUT2D eigenvalue weighted by Gasteiger charge is -2.37. The summed E-state index contributed by atoms with van der Waals surface area (Å²) >= 11 is 5.99. The van der Waals surface area contributed by atoms with Crippen LogP contribution in [0, 0.1) is 0 Å². The third kappa shape index (κ3) is 2.44. The summed E-state index contributed by atoms with van der Waals surface area (Å²) in [5.41, 5.74) is -0.347. The molecule has 2 aromatic rings. The molecule has 2 aromatic heterocycles. The molecular formula is C12H17ClN6O. The predicted octanol–water partition coefficient (Wildman–Crippen LogP) is 0.675. The third-order valence-electron chi connectivity index (χ3n) is 3.83. The van der Waals surface area contributed by atoms with Gasteiger partial charge in [0, 0.05) is 13.6 Å². The Kier molecular flexibility index (Phi) is 3.49. The van der Waals surface area contributed by atoms with E-state index in [1.165, 1.54) is 0 Å². The highest BCUT2D eigenvalue weighted by atomic mass is 35.5. The van der Waals surface area contributed by atoms with Crippen molar-refractivity contribution in [2.45, 2.75) is 25.0 Å². The second kappa shape index (κ2) is 5.16. The molecule has 8 heteroatoms. The number of β-amino-alcohol motifs (C(OH)–C–C–N with tert-alkyl or cyclic N) is 1. The van der Waals surface area contributed by atoms with Crippen LogP contribution in [0.4, 0.5) is 0 Å². The zero-order valence-corrected chi connectivity index (χ0v) is 12.0. The van der Waals surface area contributed by atoms with Gasteiger partial charge in [-0.1, -0.05) is 11.6 Å². The lowest BCUT2D eigenvalue weighted by atomic mass is 9.90. The van der Waals surface area contributed by atoms with Crippen molar-refractivity contribution < 1.29 is 5.11 Å². The van der Waals surface area contributed by atoms with Crippen LogP contribution in [0.3, 0.4) is 0 Å². The first-order valence-corrected chi connectivity index (χ1v) is 6.93. The number of aromatic nitrogens is 5. The molecule has 0 saturated carbocycles. The number of aromatic amines is 1. The maximum atomic E-state index is 10.7. The summed E-state index contributed by atoms with van der Waals surface area (Å²) in [6.07, 6.45) is 4.82. The molecule has 1 aliphatic heterocycles. The van der Waals surface area contributed by atoms with Crippen LogP contribution < -0.4 is 0 Å². The fourth-order valence-electron chi connectivity index (χ4n) is 2.66. The van der Waals surface area contributed by atoms with Crippen LogP contribution in [-0.2, 0) is 19.2 Å². The molecule has 0 unspecified atom stereocenters. The zero-order valence-electron chi connectivity index (χ0n) is 11.3. The minimum absolute atomic E-state index is 0.518. The van der Waals surface area contributed by atoms with Crippen molar-refractivity contribution in [2.75, 3.05) is 13.1 Å². The van der Waals surface area contributed by atoms with Gasteiger partial charge in [-0.05, 0) is 19.4 Å². The van der Waals surface area contributed by atoms with Gasteiger partial charge < -0.3 is 9.67 Å². The van der Waals surface area contributed by atoms with Gasteiger partial charge in [-0.15, -0.1) is 0 Å². The van der Waals surface area contributed by atoms with Crippen molar-refractivity contribution in [3.8, 4) is 0 Å². The lowest BCUT2D eigenvalue weighted by molar-refractivity contribution is -0.0422. The summed E-state index contributed by atoms with van der Waals surface area (Å²) in [5, 5.41) is 21.7. The minimum atomic E-state index is -0.944. The molecule has 2 N–H and O–H groups in total. The Morgan fingerprint density at radius 1 is 1.50 bits per heavy atom. The van der Waals surface area contributed by atoms with Crippen LogP contribution in [0.2, 0.25) is 5.15 Å². The first-order chi connectivity index (χ1) is 9.58. The molecule has 20 heavy (non-hydrogen) atoms. The SMILES string of the molecule is Cn1c(Cl)cnc1CN1CCC[C@@](O)(c2cn[nH]n2)C1. The number of nitrogens with one attached hydrogen (secondary N) is 1. The van der Waals surface area contributed by atoms with Crippen molar-refractivity contribution in [1.82, 2.24) is 29.9 Å². The number of likely N-dealkylation sites (tertiary alicyclic amines) is 1. The molecule has 1 fully saturated rings. The van der Waals surface area contributed by atoms with E-state index in [1.54, 1.807) is 12.4 Å². The smallest absolute Gasteiger partial charge is 0.128 e. The minimum Gasteiger partial charge on any atom is -0.382 e. The van der Waals surface area contributed by atoms with Crippen molar-refractivity contribution in [1.29, 1.82) is 0 Å². The van der Waals surface area contributed by atoms with E-state index in [2.05, 4.69) is 25.3 Å². The average molecular weight is 297 g/mol. The molecule has 3 heterocycles. The number of nitrogens with zero attached hydrogens (tertiary/aromatic N) is 5. The third-order valence-corrected chi connectivity index (χ3v) is 4.19. The van der Waals surface area contributed by atoms with E-state index in [9.17, 15) is 5.11 Å². The Morgan fingerprint density at radius 3 is 3.00 bits per heavy atom. The summed E-state index contributed by atoms with van der Waals surface area (Å²) in [4.78, 5) is 6.46. The number of halogens is 1. The average Bonchev–Trinajstić information content (AvgIpc) is 3.05. The topological polar surface area (TPSA) is 82.9 Å². The number of imidazole rings is 1. The Balaban J connectivity index is 1.74. The molecule has 0 bridgehead atoms. The molecule has 3 rings (SSSR count). The molecule has 1 aliphatic rings. The normalized spacial score (nSPS) is 24.1. The Labute approximate surface area is 121 Å². The summed E-state index contributed by atoms with van der Waals surface area (Å²) in [7, 11) is 1.89. The van der Waals surface area contributed by atoms with Gasteiger partial charge in [0.25, 0.3) is 0 Å². The van der Waals surface area contributed by atoms with E-state index in [0.29, 0.717) is 30.4 Å². The van der Waals surface area contributed by atoms with Gasteiger partial charge in [0.15, 0.2) is 0 Å². The van der Waals surface area contributed by atoms with Crippen molar-refractivity contribution in [3.63, 3.8) is 0 Å². The summed E-state index contributed by atoms with van der Waals surface area (Å²) < 4.78 is 1.85. The highest BCUT2D eigenvalue weighted by molar-refractivity contribution is 6.29. The molecule has 0 spiro atoms. The van der Waals surface area contributed by atoms with Crippen LogP contribution in [0.15, 0.2) is 12.4 Å². The number of H-pyrrole nitrogens is 1. The first-order valence-electron chi connectivity index (χ1n) is 6.55. The molecule has 1 saturated heterocycles. The number of aliphatic hydroxyl groups is 1. The van der Waals surface area contributed by atoms with E-state index in [4.69, 9.17) is 11.6 Å². The highest BCUT2D eigenvalue weighted by Gasteiger charge is 2.37. The Hall–Kier alpha value is -1.44. The second-order valence-corrected chi connectivity index (χ2v) is 5.64. The van der Waals surface area contributed by atoms with Crippen molar-refractivity contribution in [3.05, 3.63) is 29.1 Å². The van der Waals surface area contributed by atoms with Crippen LogP contribution in [0.5, 0.6) is 0 Å². The van der Waals surface area contributed by atoms with E-state index >= 15 is 0 Å². The van der Waals surface area contributed by atoms with Gasteiger partial charge in [-0.25, -0.2) is 4.98 Å². The first kappa shape index (κ1) is 13.5.